The Balaban J connectivity index is 1.26. The van der Waals surface area contributed by atoms with Crippen LogP contribution in [0.2, 0.25) is 0 Å². The van der Waals surface area contributed by atoms with E-state index in [9.17, 15) is 19.7 Å². The smallest absolute Gasteiger partial charge is 0.400 e. The van der Waals surface area contributed by atoms with E-state index in [-0.39, 0.29) is 11.7 Å². The molecule has 0 aliphatic carbocycles. The number of benzene rings is 3. The van der Waals surface area contributed by atoms with Crippen molar-refractivity contribution < 1.29 is 18.9 Å². The van der Waals surface area contributed by atoms with Gasteiger partial charge in [0, 0.05) is 16.5 Å². The number of hydrogen-bond acceptors (Lipinski definition) is 6. The number of nitrogens with zero attached hydrogens (tertiary/aromatic N) is 3. The summed E-state index contributed by atoms with van der Waals surface area (Å²) in [6, 6.07) is 21.0. The maximum atomic E-state index is 12.9. The molecule has 4 aromatic rings. The number of amides is 2. The van der Waals surface area contributed by atoms with E-state index in [4.69, 9.17) is 4.42 Å². The molecule has 0 spiro atoms. The zero-order valence-corrected chi connectivity index (χ0v) is 17.1. The highest BCUT2D eigenvalue weighted by atomic mass is 16.6. The fourth-order valence-electron chi connectivity index (χ4n) is 3.81. The van der Waals surface area contributed by atoms with Crippen molar-refractivity contribution in [2.45, 2.75) is 6.54 Å². The minimum Gasteiger partial charge on any atom is -0.400 e. The van der Waals surface area contributed by atoms with Crippen LogP contribution in [0.25, 0.3) is 10.8 Å². The van der Waals surface area contributed by atoms with Gasteiger partial charge in [-0.25, -0.2) is 5.43 Å². The highest BCUT2D eigenvalue weighted by Crippen LogP contribution is 2.37. The van der Waals surface area contributed by atoms with Gasteiger partial charge in [-0.05, 0) is 41.3 Å². The first-order valence-electron chi connectivity index (χ1n) is 10.0. The van der Waals surface area contributed by atoms with E-state index in [0.717, 1.165) is 22.0 Å². The number of carbonyl (C=O) groups excluding carboxylic acids is 2. The summed E-state index contributed by atoms with van der Waals surface area (Å²) in [5.74, 6) is -0.762. The van der Waals surface area contributed by atoms with E-state index in [2.05, 4.69) is 10.5 Å². The molecule has 1 aliphatic rings. The molecule has 0 saturated heterocycles. The molecule has 5 rings (SSSR count). The summed E-state index contributed by atoms with van der Waals surface area (Å²) in [5.41, 5.74) is 5.16. The van der Waals surface area contributed by atoms with Gasteiger partial charge in [-0.3, -0.25) is 19.7 Å². The molecule has 0 atom stereocenters. The summed E-state index contributed by atoms with van der Waals surface area (Å²) in [5, 5.41) is 16.4. The Morgan fingerprint density at radius 3 is 2.55 bits per heavy atom. The van der Waals surface area contributed by atoms with E-state index in [1.165, 1.54) is 18.3 Å². The lowest BCUT2D eigenvalue weighted by Crippen LogP contribution is -2.26. The minimum atomic E-state index is -0.660. The molecular weight excluding hydrogens is 424 g/mol. The normalized spacial score (nSPS) is 12.6. The van der Waals surface area contributed by atoms with E-state index in [1.807, 2.05) is 36.4 Å². The molecule has 2 heterocycles. The number of carbonyl (C=O) groups is 2. The average Bonchev–Trinajstić information content (AvgIpc) is 3.40. The lowest BCUT2D eigenvalue weighted by molar-refractivity contribution is -0.402. The van der Waals surface area contributed by atoms with Crippen molar-refractivity contribution in [3.8, 4) is 0 Å². The molecule has 0 radical (unpaired) electrons. The first-order valence-corrected chi connectivity index (χ1v) is 10.0. The Morgan fingerprint density at radius 1 is 1.06 bits per heavy atom. The molecule has 162 valence electrons. The molecular formula is C24H16N4O5. The van der Waals surface area contributed by atoms with Crippen LogP contribution in [-0.2, 0) is 6.54 Å². The Bertz CT molecular complexity index is 1430. The van der Waals surface area contributed by atoms with Crippen LogP contribution in [0.4, 0.5) is 11.6 Å². The number of hydrogen-bond donors (Lipinski definition) is 1. The van der Waals surface area contributed by atoms with Gasteiger partial charge >= 0.3 is 5.88 Å². The second-order valence-electron chi connectivity index (χ2n) is 7.40. The topological polar surface area (TPSA) is 118 Å². The van der Waals surface area contributed by atoms with Crippen LogP contribution in [0.1, 0.15) is 32.0 Å². The van der Waals surface area contributed by atoms with Crippen molar-refractivity contribution in [2.75, 3.05) is 4.90 Å². The monoisotopic (exact) mass is 440 g/mol. The second kappa shape index (κ2) is 8.04. The van der Waals surface area contributed by atoms with Gasteiger partial charge in [-0.1, -0.05) is 36.4 Å². The van der Waals surface area contributed by atoms with Gasteiger partial charge in [-0.15, -0.1) is 0 Å². The molecule has 0 bridgehead atoms. The molecule has 3 aromatic carbocycles. The highest BCUT2D eigenvalue weighted by Gasteiger charge is 2.29. The summed E-state index contributed by atoms with van der Waals surface area (Å²) in [7, 11) is 0. The van der Waals surface area contributed by atoms with Gasteiger partial charge in [0.2, 0.25) is 0 Å². The standard InChI is InChI=1S/C24H16N4O5/c29-23(26-25-13-18-11-12-21(33-18)28(31)32)17-9-7-15(8-10-17)14-27-20-6-2-4-16-3-1-5-19(22(16)20)24(27)30/h1-13H,14H2,(H,26,29). The minimum absolute atomic E-state index is 0.0453. The van der Waals surface area contributed by atoms with Crippen molar-refractivity contribution in [3.63, 3.8) is 0 Å². The summed E-state index contributed by atoms with van der Waals surface area (Å²) in [6.45, 7) is 0.379. The second-order valence-corrected chi connectivity index (χ2v) is 7.40. The summed E-state index contributed by atoms with van der Waals surface area (Å²) in [6.07, 6.45) is 1.18. The Hall–Kier alpha value is -4.79. The molecule has 9 nitrogen and oxygen atoms in total. The van der Waals surface area contributed by atoms with Crippen LogP contribution < -0.4 is 10.3 Å². The van der Waals surface area contributed by atoms with E-state index in [1.54, 1.807) is 29.2 Å². The number of hydrazone groups is 1. The molecule has 9 heteroatoms. The Morgan fingerprint density at radius 2 is 1.82 bits per heavy atom. The first-order chi connectivity index (χ1) is 16.0. The lowest BCUT2D eigenvalue weighted by atomic mass is 10.1. The van der Waals surface area contributed by atoms with E-state index < -0.39 is 16.7 Å². The number of nitrogens with one attached hydrogen (secondary N) is 1. The fraction of sp³-hybridized carbons (Fsp3) is 0.0417. The third-order valence-electron chi connectivity index (χ3n) is 5.36. The molecule has 2 amide bonds. The lowest BCUT2D eigenvalue weighted by Gasteiger charge is -2.18. The van der Waals surface area contributed by atoms with Crippen LogP contribution in [0.15, 0.2) is 82.3 Å². The maximum absolute atomic E-state index is 12.9. The van der Waals surface area contributed by atoms with Gasteiger partial charge in [0.25, 0.3) is 11.8 Å². The summed E-state index contributed by atoms with van der Waals surface area (Å²) >= 11 is 0. The van der Waals surface area contributed by atoms with Crippen LogP contribution in [0.5, 0.6) is 0 Å². The Labute approximate surface area is 187 Å². The molecule has 0 fully saturated rings. The fourth-order valence-corrected chi connectivity index (χ4v) is 3.81. The quantitative estimate of drug-likeness (QED) is 0.273. The third kappa shape index (κ3) is 3.72. The highest BCUT2D eigenvalue weighted by molar-refractivity contribution is 6.24. The number of furan rings is 1. The molecule has 0 saturated carbocycles. The summed E-state index contributed by atoms with van der Waals surface area (Å²) in [4.78, 5) is 36.9. The van der Waals surface area contributed by atoms with Crippen molar-refractivity contribution in [2.24, 2.45) is 5.10 Å². The van der Waals surface area contributed by atoms with Gasteiger partial charge < -0.3 is 9.32 Å². The van der Waals surface area contributed by atoms with Gasteiger partial charge in [0.05, 0.1) is 24.5 Å². The average molecular weight is 440 g/mol. The Kier molecular flexibility index (Phi) is 4.91. The van der Waals surface area contributed by atoms with Gasteiger partial charge in [0.1, 0.15) is 4.92 Å². The molecule has 0 unspecified atom stereocenters. The van der Waals surface area contributed by atoms with Crippen LogP contribution >= 0.6 is 0 Å². The zero-order valence-electron chi connectivity index (χ0n) is 17.1. The predicted molar refractivity (Wildman–Crippen MR) is 121 cm³/mol. The zero-order chi connectivity index (χ0) is 22.9. The first kappa shape index (κ1) is 20.1. The third-order valence-corrected chi connectivity index (χ3v) is 5.36. The number of rotatable bonds is 6. The summed E-state index contributed by atoms with van der Waals surface area (Å²) < 4.78 is 4.93. The number of anilines is 1. The molecule has 33 heavy (non-hydrogen) atoms. The van der Waals surface area contributed by atoms with E-state index >= 15 is 0 Å². The molecule has 1 aromatic heterocycles. The van der Waals surface area contributed by atoms with Crippen molar-refractivity contribution in [1.29, 1.82) is 0 Å². The van der Waals surface area contributed by atoms with E-state index in [0.29, 0.717) is 17.7 Å². The molecule has 1 aliphatic heterocycles. The van der Waals surface area contributed by atoms with Crippen LogP contribution in [0, 0.1) is 10.1 Å². The van der Waals surface area contributed by atoms with Crippen molar-refractivity contribution in [3.05, 3.63) is 105 Å². The van der Waals surface area contributed by atoms with Crippen molar-refractivity contribution >= 4 is 40.4 Å². The van der Waals surface area contributed by atoms with Gasteiger partial charge in [0.15, 0.2) is 5.76 Å². The molecule has 1 N–H and O–H groups in total. The largest absolute Gasteiger partial charge is 0.433 e. The van der Waals surface area contributed by atoms with Crippen LogP contribution in [0.3, 0.4) is 0 Å². The SMILES string of the molecule is O=C(NN=Cc1ccc([N+](=O)[O-])o1)c1ccc(CN2C(=O)c3cccc4cccc2c34)cc1. The maximum Gasteiger partial charge on any atom is 0.433 e. The van der Waals surface area contributed by atoms with Crippen molar-refractivity contribution in [1.82, 2.24) is 5.43 Å². The number of nitro groups is 1. The van der Waals surface area contributed by atoms with Gasteiger partial charge in [-0.2, -0.15) is 5.10 Å². The predicted octanol–water partition coefficient (Wildman–Crippen LogP) is 4.27. The van der Waals surface area contributed by atoms with Crippen LogP contribution in [-0.4, -0.2) is 23.0 Å².